The van der Waals surface area contributed by atoms with Crippen molar-refractivity contribution in [1.29, 1.82) is 0 Å². The lowest BCUT2D eigenvalue weighted by Gasteiger charge is -2.29. The monoisotopic (exact) mass is 372 g/mol. The minimum atomic E-state index is -0.564. The van der Waals surface area contributed by atoms with Crippen LogP contribution in [0.1, 0.15) is 48.3 Å². The number of carbonyl (C=O) groups is 1. The summed E-state index contributed by atoms with van der Waals surface area (Å²) < 4.78 is 15.4. The number of carbonyl (C=O) groups excluding carboxylic acids is 1. The van der Waals surface area contributed by atoms with E-state index in [4.69, 9.17) is 5.73 Å². The van der Waals surface area contributed by atoms with E-state index in [0.717, 1.165) is 25.7 Å². The topological polar surface area (TPSA) is 90.0 Å². The first-order valence-electron chi connectivity index (χ1n) is 9.38. The molecular formula is C20H25FN4O2. The molecule has 2 aromatic rings. The molecule has 1 heterocycles. The Labute approximate surface area is 157 Å². The van der Waals surface area contributed by atoms with Gasteiger partial charge in [-0.1, -0.05) is 31.4 Å². The van der Waals surface area contributed by atoms with E-state index in [9.17, 15) is 14.0 Å². The fraction of sp³-hybridized carbons (Fsp3) is 0.450. The van der Waals surface area contributed by atoms with Crippen LogP contribution in [0.5, 0.6) is 0 Å². The summed E-state index contributed by atoms with van der Waals surface area (Å²) in [7, 11) is 0. The average Bonchev–Trinajstić information content (AvgIpc) is 2.67. The van der Waals surface area contributed by atoms with Gasteiger partial charge in [-0.3, -0.25) is 9.59 Å². The third kappa shape index (κ3) is 4.24. The smallest absolute Gasteiger partial charge is 0.276 e. The number of para-hydroxylation sites is 1. The molecule has 144 valence electrons. The molecule has 1 unspecified atom stereocenters. The maximum atomic E-state index is 14.1. The summed E-state index contributed by atoms with van der Waals surface area (Å²) in [6, 6.07) is 7.20. The molecule has 0 bridgehead atoms. The number of rotatable bonds is 5. The molecule has 1 aromatic carbocycles. The largest absolute Gasteiger partial charge is 0.346 e. The van der Waals surface area contributed by atoms with Crippen LogP contribution in [0, 0.1) is 18.7 Å². The summed E-state index contributed by atoms with van der Waals surface area (Å²) in [6.45, 7) is 1.96. The van der Waals surface area contributed by atoms with Gasteiger partial charge >= 0.3 is 0 Å². The Kier molecular flexibility index (Phi) is 6.01. The maximum Gasteiger partial charge on any atom is 0.276 e. The average molecular weight is 372 g/mol. The first-order chi connectivity index (χ1) is 13.0. The van der Waals surface area contributed by atoms with Gasteiger partial charge in [0.2, 0.25) is 5.43 Å². The van der Waals surface area contributed by atoms with E-state index in [1.165, 1.54) is 23.2 Å². The van der Waals surface area contributed by atoms with Gasteiger partial charge in [0, 0.05) is 24.3 Å². The molecule has 0 spiro atoms. The van der Waals surface area contributed by atoms with Gasteiger partial charge in [-0.15, -0.1) is 0 Å². The van der Waals surface area contributed by atoms with Crippen LogP contribution in [0.25, 0.3) is 5.69 Å². The Morgan fingerprint density at radius 1 is 1.33 bits per heavy atom. The van der Waals surface area contributed by atoms with Crippen LogP contribution in [-0.2, 0) is 0 Å². The van der Waals surface area contributed by atoms with Gasteiger partial charge in [0.05, 0.1) is 0 Å². The zero-order valence-electron chi connectivity index (χ0n) is 15.5. The van der Waals surface area contributed by atoms with Crippen molar-refractivity contribution in [2.24, 2.45) is 11.7 Å². The van der Waals surface area contributed by atoms with Crippen molar-refractivity contribution >= 4 is 5.91 Å². The number of aromatic nitrogens is 2. The second-order valence-corrected chi connectivity index (χ2v) is 7.08. The van der Waals surface area contributed by atoms with Crippen molar-refractivity contribution in [2.75, 3.05) is 6.54 Å². The van der Waals surface area contributed by atoms with Gasteiger partial charge in [-0.25, -0.2) is 9.07 Å². The maximum absolute atomic E-state index is 14.1. The fourth-order valence-electron chi connectivity index (χ4n) is 3.71. The molecule has 27 heavy (non-hydrogen) atoms. The predicted molar refractivity (Wildman–Crippen MR) is 101 cm³/mol. The van der Waals surface area contributed by atoms with Crippen molar-refractivity contribution in [2.45, 2.75) is 45.1 Å². The van der Waals surface area contributed by atoms with Crippen molar-refractivity contribution in [3.8, 4) is 5.69 Å². The first-order valence-corrected chi connectivity index (χ1v) is 9.38. The number of benzene rings is 1. The predicted octanol–water partition coefficient (Wildman–Crippen LogP) is 2.32. The van der Waals surface area contributed by atoms with E-state index >= 15 is 0 Å². The number of nitrogens with two attached hydrogens (primary N) is 1. The zero-order chi connectivity index (χ0) is 19.4. The molecule has 0 aliphatic heterocycles. The molecule has 1 aromatic heterocycles. The highest BCUT2D eigenvalue weighted by molar-refractivity contribution is 5.92. The Morgan fingerprint density at radius 3 is 2.70 bits per heavy atom. The second kappa shape index (κ2) is 8.43. The lowest BCUT2D eigenvalue weighted by atomic mass is 9.84. The van der Waals surface area contributed by atoms with Crippen LogP contribution in [0.2, 0.25) is 0 Å². The first kappa shape index (κ1) is 19.2. The molecule has 3 rings (SSSR count). The number of hydrogen-bond acceptors (Lipinski definition) is 4. The molecule has 1 aliphatic carbocycles. The Hall–Kier alpha value is -2.54. The van der Waals surface area contributed by atoms with Crippen LogP contribution in [0.4, 0.5) is 4.39 Å². The van der Waals surface area contributed by atoms with Crippen LogP contribution >= 0.6 is 0 Å². The summed E-state index contributed by atoms with van der Waals surface area (Å²) >= 11 is 0. The molecule has 1 amide bonds. The molecule has 1 atom stereocenters. The minimum Gasteiger partial charge on any atom is -0.346 e. The Morgan fingerprint density at radius 2 is 2.04 bits per heavy atom. The molecule has 1 fully saturated rings. The molecule has 0 saturated heterocycles. The lowest BCUT2D eigenvalue weighted by molar-refractivity contribution is 0.0907. The number of aryl methyl sites for hydroxylation is 1. The Bertz CT molecular complexity index is 875. The quantitative estimate of drug-likeness (QED) is 0.843. The van der Waals surface area contributed by atoms with E-state index in [0.29, 0.717) is 18.2 Å². The van der Waals surface area contributed by atoms with Gasteiger partial charge in [0.15, 0.2) is 5.69 Å². The SMILES string of the molecule is Cc1cc(=O)c(C(=O)NC(CN)C2CCCCC2)nn1-c1ccccc1F. The van der Waals surface area contributed by atoms with Gasteiger partial charge in [0.1, 0.15) is 11.5 Å². The van der Waals surface area contributed by atoms with E-state index in [2.05, 4.69) is 10.4 Å². The number of halogens is 1. The number of hydrogen-bond donors (Lipinski definition) is 2. The molecule has 1 aliphatic rings. The van der Waals surface area contributed by atoms with Crippen molar-refractivity contribution < 1.29 is 9.18 Å². The molecular weight excluding hydrogens is 347 g/mol. The van der Waals surface area contributed by atoms with E-state index in [1.807, 2.05) is 0 Å². The van der Waals surface area contributed by atoms with Gasteiger partial charge in [-0.05, 0) is 37.8 Å². The van der Waals surface area contributed by atoms with Crippen LogP contribution in [0.15, 0.2) is 35.1 Å². The normalized spacial score (nSPS) is 16.1. The standard InChI is InChI=1S/C20H25FN4O2/c1-13-11-18(26)19(24-25(13)17-10-6-5-9-15(17)21)20(27)23-16(12-22)14-7-3-2-4-8-14/h5-6,9-11,14,16H,2-4,7-8,12,22H2,1H3,(H,23,27). The Balaban J connectivity index is 1.89. The molecule has 3 N–H and O–H groups in total. The van der Waals surface area contributed by atoms with Gasteiger partial charge in [0.25, 0.3) is 5.91 Å². The number of nitrogens with zero attached hydrogens (tertiary/aromatic N) is 2. The van der Waals surface area contributed by atoms with Crippen molar-refractivity contribution in [1.82, 2.24) is 15.1 Å². The van der Waals surface area contributed by atoms with E-state index in [-0.39, 0.29) is 17.4 Å². The summed E-state index contributed by atoms with van der Waals surface area (Å²) in [5.74, 6) is -0.733. The third-order valence-electron chi connectivity index (χ3n) is 5.19. The van der Waals surface area contributed by atoms with Gasteiger partial charge < -0.3 is 11.1 Å². The van der Waals surface area contributed by atoms with Crippen molar-refractivity contribution in [3.63, 3.8) is 0 Å². The molecule has 6 nitrogen and oxygen atoms in total. The molecule has 0 radical (unpaired) electrons. The number of amides is 1. The van der Waals surface area contributed by atoms with Crippen LogP contribution < -0.4 is 16.5 Å². The highest BCUT2D eigenvalue weighted by Crippen LogP contribution is 2.26. The zero-order valence-corrected chi connectivity index (χ0v) is 15.5. The summed E-state index contributed by atoms with van der Waals surface area (Å²) in [6.07, 6.45) is 5.49. The fourth-order valence-corrected chi connectivity index (χ4v) is 3.71. The minimum absolute atomic E-state index is 0.187. The third-order valence-corrected chi connectivity index (χ3v) is 5.19. The highest BCUT2D eigenvalue weighted by atomic mass is 19.1. The lowest BCUT2D eigenvalue weighted by Crippen LogP contribution is -2.47. The molecule has 1 saturated carbocycles. The summed E-state index contributed by atoms with van der Waals surface area (Å²) in [4.78, 5) is 25.1. The van der Waals surface area contributed by atoms with Crippen molar-refractivity contribution in [3.05, 3.63) is 57.8 Å². The van der Waals surface area contributed by atoms with E-state index in [1.54, 1.807) is 25.1 Å². The van der Waals surface area contributed by atoms with E-state index < -0.39 is 17.2 Å². The summed E-state index contributed by atoms with van der Waals surface area (Å²) in [5.41, 5.74) is 5.76. The van der Waals surface area contributed by atoms with Crippen LogP contribution in [0.3, 0.4) is 0 Å². The number of nitrogens with one attached hydrogen (secondary N) is 1. The van der Waals surface area contributed by atoms with Crippen LogP contribution in [-0.4, -0.2) is 28.3 Å². The molecule has 7 heteroatoms. The highest BCUT2D eigenvalue weighted by Gasteiger charge is 2.26. The summed E-state index contributed by atoms with van der Waals surface area (Å²) in [5, 5.41) is 7.02. The second-order valence-electron chi connectivity index (χ2n) is 7.08. The van der Waals surface area contributed by atoms with Gasteiger partial charge in [-0.2, -0.15) is 5.10 Å².